The largest absolute Gasteiger partial charge is 0.423 e. The van der Waals surface area contributed by atoms with E-state index in [0.29, 0.717) is 49.7 Å². The number of ether oxygens (including phenoxy) is 2. The van der Waals surface area contributed by atoms with E-state index in [0.717, 1.165) is 43.4 Å². The molecule has 248 valence electrons. The van der Waals surface area contributed by atoms with Gasteiger partial charge in [-0.15, -0.1) is 0 Å². The van der Waals surface area contributed by atoms with Crippen LogP contribution in [0.4, 0.5) is 26.3 Å². The van der Waals surface area contributed by atoms with E-state index in [-0.39, 0.29) is 23.7 Å². The van der Waals surface area contributed by atoms with E-state index in [4.69, 9.17) is 9.47 Å². The van der Waals surface area contributed by atoms with Crippen molar-refractivity contribution in [2.75, 3.05) is 6.61 Å². The topological polar surface area (TPSA) is 38.8 Å². The quantitative estimate of drug-likeness (QED) is 0.0758. The zero-order valence-corrected chi connectivity index (χ0v) is 26.1. The van der Waals surface area contributed by atoms with Crippen molar-refractivity contribution < 1.29 is 40.6 Å². The summed E-state index contributed by atoms with van der Waals surface area (Å²) < 4.78 is 99.3. The van der Waals surface area contributed by atoms with Crippen molar-refractivity contribution in [1.29, 1.82) is 0 Å². The lowest BCUT2D eigenvalue weighted by Crippen LogP contribution is -2.29. The number of epoxide rings is 1. The maximum absolute atomic E-state index is 15.1. The molecule has 6 rings (SSSR count). The SMILES string of the molecule is C/C=C/CCc1ccc(-c2ccc(OC(=O)C3CCC(C4CC=C(c5ccc(C6CO6)c(F)c5F)CC4)CC3)c(F)c2F)c(F)c1F. The normalized spacial score (nSPS) is 22.7. The highest BCUT2D eigenvalue weighted by atomic mass is 19.2. The first-order valence-electron chi connectivity index (χ1n) is 16.2. The van der Waals surface area contributed by atoms with Crippen LogP contribution >= 0.6 is 0 Å². The van der Waals surface area contributed by atoms with Crippen LogP contribution in [0.5, 0.6) is 5.75 Å². The third kappa shape index (κ3) is 6.91. The molecule has 1 heterocycles. The van der Waals surface area contributed by atoms with E-state index in [9.17, 15) is 22.4 Å². The highest BCUT2D eigenvalue weighted by Gasteiger charge is 2.34. The molecule has 3 aromatic carbocycles. The minimum atomic E-state index is -1.45. The van der Waals surface area contributed by atoms with Gasteiger partial charge in [-0.25, -0.2) is 22.0 Å². The Balaban J connectivity index is 1.04. The molecule has 0 aromatic heterocycles. The minimum Gasteiger partial charge on any atom is -0.423 e. The van der Waals surface area contributed by atoms with Crippen LogP contribution in [0, 0.1) is 52.7 Å². The van der Waals surface area contributed by atoms with Crippen LogP contribution in [0.2, 0.25) is 0 Å². The van der Waals surface area contributed by atoms with Crippen LogP contribution in [0.3, 0.4) is 0 Å². The molecule has 1 saturated carbocycles. The molecular formula is C38H36F6O3. The molecule has 0 bridgehead atoms. The molecule has 0 spiro atoms. The summed E-state index contributed by atoms with van der Waals surface area (Å²) in [7, 11) is 0. The van der Waals surface area contributed by atoms with Crippen molar-refractivity contribution in [2.45, 2.75) is 70.8 Å². The van der Waals surface area contributed by atoms with Crippen molar-refractivity contribution in [2.24, 2.45) is 17.8 Å². The summed E-state index contributed by atoms with van der Waals surface area (Å²) in [5.41, 5.74) is 0.579. The molecule has 2 fully saturated rings. The highest BCUT2D eigenvalue weighted by Crippen LogP contribution is 2.43. The Labute approximate surface area is 270 Å². The van der Waals surface area contributed by atoms with Crippen LogP contribution in [0.25, 0.3) is 16.7 Å². The van der Waals surface area contributed by atoms with Crippen molar-refractivity contribution in [3.63, 3.8) is 0 Å². The molecule has 3 nitrogen and oxygen atoms in total. The molecule has 0 N–H and O–H groups in total. The third-order valence-electron chi connectivity index (χ3n) is 9.89. The van der Waals surface area contributed by atoms with E-state index in [1.807, 2.05) is 19.1 Å². The number of hydrogen-bond donors (Lipinski definition) is 0. The van der Waals surface area contributed by atoms with E-state index in [1.54, 1.807) is 18.2 Å². The van der Waals surface area contributed by atoms with Gasteiger partial charge in [-0.3, -0.25) is 4.79 Å². The predicted molar refractivity (Wildman–Crippen MR) is 166 cm³/mol. The van der Waals surface area contributed by atoms with Crippen LogP contribution in [0.1, 0.15) is 81.1 Å². The fourth-order valence-corrected chi connectivity index (χ4v) is 7.05. The molecule has 3 aromatic rings. The molecule has 1 saturated heterocycles. The Kier molecular flexibility index (Phi) is 9.92. The van der Waals surface area contributed by atoms with Gasteiger partial charge in [0.1, 0.15) is 6.10 Å². The van der Waals surface area contributed by atoms with Gasteiger partial charge in [-0.2, -0.15) is 4.39 Å². The number of benzene rings is 3. The Morgan fingerprint density at radius 3 is 2.11 bits per heavy atom. The average Bonchev–Trinajstić information content (AvgIpc) is 3.93. The fraction of sp³-hybridized carbons (Fsp3) is 0.395. The summed E-state index contributed by atoms with van der Waals surface area (Å²) in [6.07, 6.45) is 10.7. The van der Waals surface area contributed by atoms with Gasteiger partial charge in [0.15, 0.2) is 34.8 Å². The fourth-order valence-electron chi connectivity index (χ4n) is 7.05. The van der Waals surface area contributed by atoms with Gasteiger partial charge in [0.25, 0.3) is 0 Å². The summed E-state index contributed by atoms with van der Waals surface area (Å²) in [6.45, 7) is 2.22. The first-order valence-corrected chi connectivity index (χ1v) is 16.2. The number of hydrogen-bond acceptors (Lipinski definition) is 3. The van der Waals surface area contributed by atoms with Gasteiger partial charge in [-0.1, -0.05) is 42.5 Å². The lowest BCUT2D eigenvalue weighted by Gasteiger charge is -2.35. The summed E-state index contributed by atoms with van der Waals surface area (Å²) in [5, 5.41) is 0. The third-order valence-corrected chi connectivity index (χ3v) is 9.89. The second kappa shape index (κ2) is 14.1. The minimum absolute atomic E-state index is 0.132. The molecule has 0 radical (unpaired) electrons. The lowest BCUT2D eigenvalue weighted by molar-refractivity contribution is -0.140. The summed E-state index contributed by atoms with van der Waals surface area (Å²) >= 11 is 0. The number of esters is 1. The van der Waals surface area contributed by atoms with Gasteiger partial charge in [0, 0.05) is 22.3 Å². The van der Waals surface area contributed by atoms with Crippen LogP contribution in [0.15, 0.2) is 54.6 Å². The van der Waals surface area contributed by atoms with Gasteiger partial charge in [0.05, 0.1) is 12.5 Å². The van der Waals surface area contributed by atoms with Crippen LogP contribution in [-0.4, -0.2) is 12.6 Å². The van der Waals surface area contributed by atoms with Gasteiger partial charge >= 0.3 is 5.97 Å². The molecule has 1 aliphatic heterocycles. The van der Waals surface area contributed by atoms with E-state index >= 15 is 8.78 Å². The number of rotatable bonds is 9. The number of allylic oxidation sites excluding steroid dienone is 4. The van der Waals surface area contributed by atoms with Gasteiger partial charge < -0.3 is 9.47 Å². The van der Waals surface area contributed by atoms with Crippen LogP contribution < -0.4 is 4.74 Å². The molecule has 47 heavy (non-hydrogen) atoms. The molecule has 2 atom stereocenters. The Bertz CT molecular complexity index is 1720. The summed E-state index contributed by atoms with van der Waals surface area (Å²) in [4.78, 5) is 12.9. The molecule has 0 amide bonds. The zero-order valence-electron chi connectivity index (χ0n) is 26.1. The van der Waals surface area contributed by atoms with Crippen molar-refractivity contribution >= 4 is 11.5 Å². The Morgan fingerprint density at radius 2 is 1.45 bits per heavy atom. The van der Waals surface area contributed by atoms with E-state index < -0.39 is 63.7 Å². The standard InChI is InChI=1S/C38H36F6O3/c1-2-3-4-5-24-14-15-27(34(41)32(24)39)28-18-19-30(37(44)35(28)42)47-38(45)25-12-8-22(9-13-25)21-6-10-23(11-7-21)26-16-17-29(31-20-46-31)36(43)33(26)40/h2-3,10,14-19,21-22,25,31H,4-9,11-13,20H2,1H3/b3-2+. The molecule has 3 aliphatic rings. The van der Waals surface area contributed by atoms with Gasteiger partial charge in [0.2, 0.25) is 5.82 Å². The monoisotopic (exact) mass is 654 g/mol. The van der Waals surface area contributed by atoms with Gasteiger partial charge in [-0.05, 0) is 99.8 Å². The van der Waals surface area contributed by atoms with Crippen LogP contribution in [-0.2, 0) is 16.0 Å². The number of carbonyl (C=O) groups excluding carboxylic acids is 1. The molecular weight excluding hydrogens is 618 g/mol. The van der Waals surface area contributed by atoms with Crippen molar-refractivity contribution in [3.8, 4) is 16.9 Å². The maximum Gasteiger partial charge on any atom is 0.314 e. The summed E-state index contributed by atoms with van der Waals surface area (Å²) in [5.74, 6) is -8.02. The highest BCUT2D eigenvalue weighted by molar-refractivity contribution is 5.76. The number of carbonyl (C=O) groups is 1. The predicted octanol–water partition coefficient (Wildman–Crippen LogP) is 10.4. The maximum atomic E-state index is 15.1. The second-order valence-corrected chi connectivity index (χ2v) is 12.7. The summed E-state index contributed by atoms with van der Waals surface area (Å²) in [6, 6.07) is 7.93. The van der Waals surface area contributed by atoms with E-state index in [1.165, 1.54) is 12.1 Å². The van der Waals surface area contributed by atoms with E-state index in [2.05, 4.69) is 0 Å². The smallest absolute Gasteiger partial charge is 0.314 e. The number of halogens is 6. The second-order valence-electron chi connectivity index (χ2n) is 12.7. The number of aryl methyl sites for hydroxylation is 1. The zero-order chi connectivity index (χ0) is 33.2. The van der Waals surface area contributed by atoms with Crippen molar-refractivity contribution in [1.82, 2.24) is 0 Å². The lowest BCUT2D eigenvalue weighted by atomic mass is 9.71. The molecule has 9 heteroatoms. The Hall–Kier alpha value is -3.85. The average molecular weight is 655 g/mol. The Morgan fingerprint density at radius 1 is 0.787 bits per heavy atom. The molecule has 2 unspecified atom stereocenters. The van der Waals surface area contributed by atoms with Crippen molar-refractivity contribution in [3.05, 3.63) is 106 Å². The first-order chi connectivity index (χ1) is 22.7. The first kappa shape index (κ1) is 33.1. The molecule has 2 aliphatic carbocycles.